The number of nitrogens with one attached hydrogen (secondary N) is 5. The summed E-state index contributed by atoms with van der Waals surface area (Å²) in [5, 5.41) is 22.2. The van der Waals surface area contributed by atoms with Crippen LogP contribution in [0.3, 0.4) is 0 Å². The highest BCUT2D eigenvalue weighted by molar-refractivity contribution is 8.44. The van der Waals surface area contributed by atoms with Crippen molar-refractivity contribution in [1.29, 1.82) is 0 Å². The predicted octanol–water partition coefficient (Wildman–Crippen LogP) is 4.61. The third-order valence-electron chi connectivity index (χ3n) is 14.5. The maximum absolute atomic E-state index is 13.9. The Bertz CT molecular complexity index is 3360. The van der Waals surface area contributed by atoms with Gasteiger partial charge in [-0.05, 0) is 55.2 Å². The Morgan fingerprint density at radius 3 is 2.30 bits per heavy atom. The Morgan fingerprint density at radius 1 is 0.885 bits per heavy atom. The van der Waals surface area contributed by atoms with Crippen molar-refractivity contribution in [3.63, 3.8) is 0 Å². The quantitative estimate of drug-likeness (QED) is 0.0230. The van der Waals surface area contributed by atoms with E-state index >= 15 is 0 Å². The molecule has 4 aromatic rings. The van der Waals surface area contributed by atoms with E-state index in [-0.39, 0.29) is 92.7 Å². The molecule has 1 aliphatic carbocycles. The molecule has 2 saturated heterocycles. The molecule has 34 heteroatoms. The van der Waals surface area contributed by atoms with Crippen LogP contribution >= 0.6 is 38.1 Å². The average Bonchev–Trinajstić information content (AvgIpc) is 1.76. The number of aliphatic hydroxyl groups excluding tert-OH is 1. The van der Waals surface area contributed by atoms with Crippen LogP contribution in [0.2, 0.25) is 0 Å². The fourth-order valence-corrected chi connectivity index (χ4v) is 13.2. The standard InChI is InChI=1S/C53H70N12O18P2S2/c1-29(2)42(59-37(66)10-8-7-9-19-64-40(68)15-16-41(64)69)48(72)57-30(3)47(71)58-33-13-11-31(12-14-33)23-77-52(74)63(6)26-53(4,5)22-38(67)60-51-61-46-43(49(73)62-51)56-28-65(46)50-45-44(70)36(81-50)25-79-84(75,86)82-35-21-34(80-39-17-18-54-27-55-39)20-32(35)24-78-85(76,87)83-45/h11-18,27-30,32,34-36,42,44-45,50,70H,7-10,19-26H2,1-6H3,(H,57,72)(H,58,71)(H,59,66)(H,75,86)(H,76,87)(H2,60,61,62,67,73)/t30-,32+,34+,35-,36+,42-,44+,45+,50+,84+,85+/m0/s1. The Kier molecular flexibility index (Phi) is 21.9. The molecular weight excluding hydrogens is 1220 g/mol. The van der Waals surface area contributed by atoms with E-state index in [1.165, 1.54) is 48.1 Å². The topological polar surface area (TPSA) is 382 Å². The largest absolute Gasteiger partial charge is 0.474 e. The van der Waals surface area contributed by atoms with E-state index in [1.807, 2.05) is 0 Å². The van der Waals surface area contributed by atoms with Crippen LogP contribution in [-0.4, -0.2) is 162 Å². The Hall–Kier alpha value is -6.60. The van der Waals surface area contributed by atoms with Gasteiger partial charge in [-0.2, -0.15) is 4.98 Å². The van der Waals surface area contributed by atoms with E-state index in [1.54, 1.807) is 58.0 Å². The van der Waals surface area contributed by atoms with Crippen LogP contribution in [-0.2, 0) is 72.1 Å². The highest BCUT2D eigenvalue weighted by Crippen LogP contribution is 2.60. The summed E-state index contributed by atoms with van der Waals surface area (Å²) >= 11 is 8.41. The molecule has 3 aromatic heterocycles. The average molecular weight is 1290 g/mol. The summed E-state index contributed by atoms with van der Waals surface area (Å²) in [6, 6.07) is 6.12. The second-order valence-corrected chi connectivity index (χ2v) is 28.3. The van der Waals surface area contributed by atoms with Crippen LogP contribution in [0.5, 0.6) is 5.88 Å². The number of anilines is 2. The van der Waals surface area contributed by atoms with Crippen LogP contribution in [0.4, 0.5) is 16.4 Å². The van der Waals surface area contributed by atoms with E-state index in [9.17, 15) is 52.6 Å². The molecule has 1 aromatic carbocycles. The lowest BCUT2D eigenvalue weighted by atomic mass is 9.88. The van der Waals surface area contributed by atoms with Crippen molar-refractivity contribution in [3.8, 4) is 5.88 Å². The first-order valence-electron chi connectivity index (χ1n) is 27.9. The van der Waals surface area contributed by atoms with Crippen molar-refractivity contribution in [2.24, 2.45) is 17.3 Å². The van der Waals surface area contributed by atoms with Crippen LogP contribution < -0.4 is 31.6 Å². The third-order valence-corrected chi connectivity index (χ3v) is 17.7. The molecule has 472 valence electrons. The third kappa shape index (κ3) is 18.0. The predicted molar refractivity (Wildman–Crippen MR) is 316 cm³/mol. The van der Waals surface area contributed by atoms with Gasteiger partial charge in [-0.1, -0.05) is 70.7 Å². The monoisotopic (exact) mass is 1290 g/mol. The molecule has 11 atom stereocenters. The Morgan fingerprint density at radius 2 is 1.60 bits per heavy atom. The van der Waals surface area contributed by atoms with Gasteiger partial charge in [0.15, 0.2) is 17.4 Å². The van der Waals surface area contributed by atoms with Crippen molar-refractivity contribution in [2.75, 3.05) is 44.0 Å². The van der Waals surface area contributed by atoms with Crippen molar-refractivity contribution in [3.05, 3.63) is 77.3 Å². The number of fused-ring (bicyclic) bond motifs is 4. The molecule has 87 heavy (non-hydrogen) atoms. The molecule has 6 N–H and O–H groups in total. The molecule has 3 fully saturated rings. The minimum atomic E-state index is -4.36. The number of hydrogen-bond acceptors (Lipinski definition) is 22. The van der Waals surface area contributed by atoms with Crippen LogP contribution in [0, 0.1) is 17.3 Å². The fourth-order valence-electron chi connectivity index (χ4n) is 10.2. The SMILES string of the molecule is CC(C)[C@H](NC(=O)CCCCCN1C(=O)C=CC1=O)C(=O)N[C@@H](C)C(=O)Nc1ccc(COC(=O)N(C)CC(C)(C)CC(=O)Nc2nc3c(ncn3[C@@H]3O[C@@H]4CO[P@@](=O)(S)O[C@H]5C[C@H](Oc6ccncn6)C[C@@H]5CO[P@@](=O)(S)O[C@@H]3[C@@H]4O)c(=O)[nH]2)cc1. The smallest absolute Gasteiger partial charge is 0.409 e. The highest BCUT2D eigenvalue weighted by atomic mass is 32.7. The van der Waals surface area contributed by atoms with Crippen LogP contribution in [0.25, 0.3) is 11.2 Å². The van der Waals surface area contributed by atoms with E-state index < -0.39 is 110 Å². The number of carbonyl (C=O) groups excluding carboxylic acids is 7. The zero-order chi connectivity index (χ0) is 63.0. The van der Waals surface area contributed by atoms with Crippen LogP contribution in [0.15, 0.2) is 66.1 Å². The molecule has 7 amide bonds. The fraction of sp³-hybridized carbons (Fsp3) is 0.547. The van der Waals surface area contributed by atoms with E-state index in [0.717, 1.165) is 11.2 Å². The molecule has 0 unspecified atom stereocenters. The Labute approximate surface area is 509 Å². The number of H-pyrrole nitrogens is 1. The normalized spacial score (nSPS) is 25.6. The number of imide groups is 1. The molecule has 0 radical (unpaired) electrons. The molecule has 6 heterocycles. The second kappa shape index (κ2) is 28.7. The molecular formula is C53H70N12O18P2S2. The number of aromatic amines is 1. The molecule has 4 aliphatic rings. The number of thiol groups is 2. The molecule has 0 spiro atoms. The maximum atomic E-state index is 13.9. The summed E-state index contributed by atoms with van der Waals surface area (Å²) < 4.78 is 69.5. The molecule has 1 saturated carbocycles. The number of carbonyl (C=O) groups is 7. The van der Waals surface area contributed by atoms with Gasteiger partial charge in [0.25, 0.3) is 17.4 Å². The molecule has 30 nitrogen and oxygen atoms in total. The number of rotatable bonds is 22. The number of imidazole rings is 1. The summed E-state index contributed by atoms with van der Waals surface area (Å²) in [6.45, 7) is -0.739. The highest BCUT2D eigenvalue weighted by Gasteiger charge is 2.51. The lowest BCUT2D eigenvalue weighted by molar-refractivity contribution is -0.137. The lowest BCUT2D eigenvalue weighted by Gasteiger charge is -2.29. The van der Waals surface area contributed by atoms with E-state index in [2.05, 4.69) is 70.7 Å². The number of hydrogen-bond donors (Lipinski definition) is 8. The lowest BCUT2D eigenvalue weighted by Crippen LogP contribution is -2.53. The van der Waals surface area contributed by atoms with Gasteiger partial charge in [-0.15, -0.1) is 0 Å². The van der Waals surface area contributed by atoms with Gasteiger partial charge < -0.3 is 44.7 Å². The minimum absolute atomic E-state index is 0.0352. The number of amides is 7. The number of nitrogens with zero attached hydrogens (tertiary/aromatic N) is 7. The van der Waals surface area contributed by atoms with Crippen LogP contribution in [0.1, 0.15) is 91.4 Å². The summed E-state index contributed by atoms with van der Waals surface area (Å²) in [5.74, 6) is -3.63. The summed E-state index contributed by atoms with van der Waals surface area (Å²) in [5.41, 5.74) is -1.05. The number of aromatic nitrogens is 6. The van der Waals surface area contributed by atoms with Gasteiger partial charge in [0.1, 0.15) is 49.4 Å². The molecule has 8 rings (SSSR count). The van der Waals surface area contributed by atoms with Crippen molar-refractivity contribution in [1.82, 2.24) is 49.9 Å². The van der Waals surface area contributed by atoms with Crippen molar-refractivity contribution < 1.29 is 80.1 Å². The first-order chi connectivity index (χ1) is 41.1. The molecule has 3 aliphatic heterocycles. The molecule has 2 bridgehead atoms. The first-order valence-corrected chi connectivity index (χ1v) is 33.3. The van der Waals surface area contributed by atoms with E-state index in [0.29, 0.717) is 36.4 Å². The second-order valence-electron chi connectivity index (χ2n) is 22.5. The number of benzene rings is 1. The van der Waals surface area contributed by atoms with Gasteiger partial charge in [0, 0.05) is 75.4 Å². The van der Waals surface area contributed by atoms with Crippen molar-refractivity contribution >= 4 is 102 Å². The van der Waals surface area contributed by atoms with Gasteiger partial charge in [-0.25, -0.2) is 28.9 Å². The number of unbranched alkanes of at least 4 members (excludes halogenated alkanes) is 2. The summed E-state index contributed by atoms with van der Waals surface area (Å²) in [6.07, 6.45) is 0.500. The van der Waals surface area contributed by atoms with Gasteiger partial charge in [-0.3, -0.25) is 66.9 Å². The first kappa shape index (κ1) is 66.4. The maximum Gasteiger partial charge on any atom is 0.409 e. The van der Waals surface area contributed by atoms with Gasteiger partial charge in [0.05, 0.1) is 25.6 Å². The number of aliphatic hydroxyl groups is 1. The van der Waals surface area contributed by atoms with E-state index in [4.69, 9.17) is 32.3 Å². The van der Waals surface area contributed by atoms with Crippen molar-refractivity contribution in [2.45, 2.75) is 135 Å². The van der Waals surface area contributed by atoms with Gasteiger partial charge in [0.2, 0.25) is 35.5 Å². The minimum Gasteiger partial charge on any atom is -0.474 e. The summed E-state index contributed by atoms with van der Waals surface area (Å²) in [4.78, 5) is 124. The zero-order valence-corrected chi connectivity index (χ0v) is 51.9. The zero-order valence-electron chi connectivity index (χ0n) is 48.3. The van der Waals surface area contributed by atoms with Gasteiger partial charge >= 0.3 is 19.7 Å². The Balaban J connectivity index is 0.795. The number of ether oxygens (including phenoxy) is 3. The summed E-state index contributed by atoms with van der Waals surface area (Å²) in [7, 11) is 1.49.